The van der Waals surface area contributed by atoms with Gasteiger partial charge in [-0.3, -0.25) is 9.59 Å². The van der Waals surface area contributed by atoms with Gasteiger partial charge in [0.1, 0.15) is 5.78 Å². The Morgan fingerprint density at radius 1 is 1.05 bits per heavy atom. The lowest BCUT2D eigenvalue weighted by Crippen LogP contribution is -2.51. The molecular weight excluding hydrogens is 238 g/mol. The van der Waals surface area contributed by atoms with E-state index in [0.717, 1.165) is 24.3 Å². The van der Waals surface area contributed by atoms with Crippen molar-refractivity contribution in [3.05, 3.63) is 0 Å². The second-order valence-corrected chi connectivity index (χ2v) is 7.55. The Morgan fingerprint density at radius 2 is 1.53 bits per heavy atom. The van der Waals surface area contributed by atoms with E-state index < -0.39 is 0 Å². The molecule has 0 heterocycles. The predicted molar refractivity (Wildman–Crippen MR) is 73.5 cm³/mol. The highest BCUT2D eigenvalue weighted by molar-refractivity contribution is 5.96. The summed E-state index contributed by atoms with van der Waals surface area (Å²) >= 11 is 0. The maximum Gasteiger partial charge on any atom is 0.229 e. The van der Waals surface area contributed by atoms with Crippen LogP contribution in [0, 0.1) is 23.2 Å². The summed E-state index contributed by atoms with van der Waals surface area (Å²) in [6.07, 6.45) is 8.33. The lowest BCUT2D eigenvalue weighted by molar-refractivity contribution is -0.138. The van der Waals surface area contributed by atoms with Crippen LogP contribution in [0.2, 0.25) is 0 Å². The molecule has 0 atom stereocenters. The van der Waals surface area contributed by atoms with E-state index in [-0.39, 0.29) is 18.1 Å². The van der Waals surface area contributed by atoms with E-state index in [2.05, 4.69) is 0 Å². The Kier molecular flexibility index (Phi) is 3.18. The molecule has 0 aromatic heterocycles. The standard InChI is InChI=1S/C16H25NO2/c1-11(18)3-15(19)17(2)10-16-7-12-4-13(8-16)6-14(5-12)9-16/h12-14H,3-10H2,1-2H3. The smallest absolute Gasteiger partial charge is 0.229 e. The molecule has 3 heteroatoms. The summed E-state index contributed by atoms with van der Waals surface area (Å²) in [7, 11) is 1.88. The maximum absolute atomic E-state index is 12.0. The van der Waals surface area contributed by atoms with Gasteiger partial charge in [0.05, 0.1) is 6.42 Å². The summed E-state index contributed by atoms with van der Waals surface area (Å²) in [4.78, 5) is 24.9. The number of amides is 1. The van der Waals surface area contributed by atoms with Crippen LogP contribution in [-0.4, -0.2) is 30.2 Å². The van der Waals surface area contributed by atoms with Crippen molar-refractivity contribution < 1.29 is 9.59 Å². The van der Waals surface area contributed by atoms with Crippen LogP contribution in [0.3, 0.4) is 0 Å². The number of rotatable bonds is 4. The first-order valence-corrected chi connectivity index (χ1v) is 7.69. The van der Waals surface area contributed by atoms with Gasteiger partial charge in [0.15, 0.2) is 0 Å². The van der Waals surface area contributed by atoms with Gasteiger partial charge in [-0.05, 0) is 68.6 Å². The highest BCUT2D eigenvalue weighted by atomic mass is 16.2. The molecule has 0 saturated heterocycles. The third-order valence-corrected chi connectivity index (χ3v) is 5.56. The van der Waals surface area contributed by atoms with Crippen molar-refractivity contribution in [1.29, 1.82) is 0 Å². The quantitative estimate of drug-likeness (QED) is 0.731. The first kappa shape index (κ1) is 13.1. The largest absolute Gasteiger partial charge is 0.345 e. The average molecular weight is 263 g/mol. The minimum absolute atomic E-state index is 0.00301. The molecule has 0 spiro atoms. The van der Waals surface area contributed by atoms with E-state index in [4.69, 9.17) is 0 Å². The molecule has 19 heavy (non-hydrogen) atoms. The molecule has 4 aliphatic rings. The Balaban J connectivity index is 1.66. The van der Waals surface area contributed by atoms with Crippen LogP contribution in [0.25, 0.3) is 0 Å². The summed E-state index contributed by atoms with van der Waals surface area (Å²) in [5, 5.41) is 0. The molecule has 0 unspecified atom stereocenters. The van der Waals surface area contributed by atoms with Gasteiger partial charge < -0.3 is 4.90 Å². The molecule has 0 aromatic rings. The molecule has 1 amide bonds. The number of carbonyl (C=O) groups is 2. The third-order valence-electron chi connectivity index (χ3n) is 5.56. The van der Waals surface area contributed by atoms with Gasteiger partial charge in [-0.25, -0.2) is 0 Å². The zero-order valence-corrected chi connectivity index (χ0v) is 12.2. The van der Waals surface area contributed by atoms with Gasteiger partial charge >= 0.3 is 0 Å². The molecule has 106 valence electrons. The number of nitrogens with zero attached hydrogens (tertiary/aromatic N) is 1. The lowest BCUT2D eigenvalue weighted by atomic mass is 9.49. The van der Waals surface area contributed by atoms with E-state index in [1.807, 2.05) is 11.9 Å². The Morgan fingerprint density at radius 3 is 1.95 bits per heavy atom. The Bertz CT molecular complexity index is 366. The van der Waals surface area contributed by atoms with Crippen molar-refractivity contribution in [1.82, 2.24) is 4.90 Å². The molecule has 0 N–H and O–H groups in total. The molecule has 4 saturated carbocycles. The van der Waals surface area contributed by atoms with E-state index in [1.54, 1.807) is 0 Å². The lowest BCUT2D eigenvalue weighted by Gasteiger charge is -2.57. The molecule has 4 rings (SSSR count). The average Bonchev–Trinajstić information content (AvgIpc) is 2.24. The second-order valence-electron chi connectivity index (χ2n) is 7.55. The Labute approximate surface area is 115 Å². The van der Waals surface area contributed by atoms with Crippen LogP contribution in [0.5, 0.6) is 0 Å². The van der Waals surface area contributed by atoms with Gasteiger partial charge in [0.25, 0.3) is 0 Å². The van der Waals surface area contributed by atoms with Crippen molar-refractivity contribution in [2.45, 2.75) is 51.9 Å². The van der Waals surface area contributed by atoms with E-state index >= 15 is 0 Å². The van der Waals surface area contributed by atoms with Crippen LogP contribution >= 0.6 is 0 Å². The fourth-order valence-corrected chi connectivity index (χ4v) is 5.42. The van der Waals surface area contributed by atoms with E-state index in [1.165, 1.54) is 45.4 Å². The van der Waals surface area contributed by atoms with Gasteiger partial charge in [-0.2, -0.15) is 0 Å². The molecule has 3 nitrogen and oxygen atoms in total. The summed E-state index contributed by atoms with van der Waals surface area (Å²) in [5.74, 6) is 2.73. The number of Topliss-reactive ketones (excluding diaryl/α,β-unsaturated/α-hetero) is 1. The molecule has 4 fully saturated rings. The summed E-state index contributed by atoms with van der Waals surface area (Å²) < 4.78 is 0. The van der Waals surface area contributed by atoms with Crippen molar-refractivity contribution >= 4 is 11.7 Å². The monoisotopic (exact) mass is 263 g/mol. The zero-order valence-electron chi connectivity index (χ0n) is 12.2. The van der Waals surface area contributed by atoms with Crippen molar-refractivity contribution in [3.8, 4) is 0 Å². The van der Waals surface area contributed by atoms with Crippen LogP contribution < -0.4 is 0 Å². The summed E-state index contributed by atoms with van der Waals surface area (Å²) in [6.45, 7) is 2.37. The summed E-state index contributed by atoms with van der Waals surface area (Å²) in [5.41, 5.74) is 0.385. The second kappa shape index (κ2) is 4.60. The number of hydrogen-bond donors (Lipinski definition) is 0. The number of ketones is 1. The molecule has 4 aliphatic carbocycles. The van der Waals surface area contributed by atoms with Crippen LogP contribution in [-0.2, 0) is 9.59 Å². The minimum Gasteiger partial charge on any atom is -0.345 e. The van der Waals surface area contributed by atoms with Gasteiger partial charge in [0.2, 0.25) is 5.91 Å². The molecule has 0 aliphatic heterocycles. The van der Waals surface area contributed by atoms with Gasteiger partial charge in [-0.15, -0.1) is 0 Å². The first-order valence-electron chi connectivity index (χ1n) is 7.69. The topological polar surface area (TPSA) is 37.4 Å². The van der Waals surface area contributed by atoms with E-state index in [9.17, 15) is 9.59 Å². The van der Waals surface area contributed by atoms with Crippen LogP contribution in [0.15, 0.2) is 0 Å². The maximum atomic E-state index is 12.0. The van der Waals surface area contributed by atoms with Crippen LogP contribution in [0.4, 0.5) is 0 Å². The molecule has 0 aromatic carbocycles. The van der Waals surface area contributed by atoms with Crippen molar-refractivity contribution in [2.75, 3.05) is 13.6 Å². The van der Waals surface area contributed by atoms with E-state index in [0.29, 0.717) is 5.41 Å². The molecule has 0 radical (unpaired) electrons. The normalized spacial score (nSPS) is 39.4. The van der Waals surface area contributed by atoms with Crippen LogP contribution in [0.1, 0.15) is 51.9 Å². The molecule has 4 bridgehead atoms. The first-order chi connectivity index (χ1) is 8.96. The fraction of sp³-hybridized carbons (Fsp3) is 0.875. The van der Waals surface area contributed by atoms with Crippen molar-refractivity contribution in [2.24, 2.45) is 23.2 Å². The highest BCUT2D eigenvalue weighted by Crippen LogP contribution is 2.60. The highest BCUT2D eigenvalue weighted by Gasteiger charge is 2.51. The minimum atomic E-state index is -0.0256. The fourth-order valence-electron chi connectivity index (χ4n) is 5.42. The molecular formula is C16H25NO2. The third kappa shape index (κ3) is 2.56. The predicted octanol–water partition coefficient (Wildman–Crippen LogP) is 2.64. The van der Waals surface area contributed by atoms with Gasteiger partial charge in [-0.1, -0.05) is 0 Å². The number of hydrogen-bond acceptors (Lipinski definition) is 2. The van der Waals surface area contributed by atoms with Gasteiger partial charge in [0, 0.05) is 13.6 Å². The summed E-state index contributed by atoms with van der Waals surface area (Å²) in [6, 6.07) is 0. The number of carbonyl (C=O) groups excluding carboxylic acids is 2. The van der Waals surface area contributed by atoms with Crippen molar-refractivity contribution in [3.63, 3.8) is 0 Å². The zero-order chi connectivity index (χ0) is 13.6. The Hall–Kier alpha value is -0.860. The SMILES string of the molecule is CC(=O)CC(=O)N(C)CC12CC3CC(CC(C3)C1)C2.